The molecule has 2 atom stereocenters. The van der Waals surface area contributed by atoms with Crippen LogP contribution in [0, 0.1) is 0 Å². The SMILES string of the molecule is CC1COCC(C)N1c1cc(C2(S(=O)(=O)c3ccccc3)CC2)nc(-c2ccc(N)cc2)n1. The number of anilines is 2. The minimum absolute atomic E-state index is 0.108. The zero-order valence-corrected chi connectivity index (χ0v) is 19.6. The molecule has 0 spiro atoms. The highest BCUT2D eigenvalue weighted by Crippen LogP contribution is 2.55. The molecule has 1 aliphatic carbocycles. The minimum Gasteiger partial charge on any atom is -0.399 e. The number of hydrogen-bond acceptors (Lipinski definition) is 7. The summed E-state index contributed by atoms with van der Waals surface area (Å²) in [6.45, 7) is 5.37. The van der Waals surface area contributed by atoms with Crippen molar-refractivity contribution >= 4 is 21.3 Å². The molecule has 0 bridgehead atoms. The zero-order valence-electron chi connectivity index (χ0n) is 18.8. The summed E-state index contributed by atoms with van der Waals surface area (Å²) in [6, 6.07) is 18.1. The molecule has 2 fully saturated rings. The quantitative estimate of drug-likeness (QED) is 0.574. The van der Waals surface area contributed by atoms with Gasteiger partial charge in [0.15, 0.2) is 15.7 Å². The van der Waals surface area contributed by atoms with Crippen LogP contribution in [-0.2, 0) is 19.3 Å². The van der Waals surface area contributed by atoms with Gasteiger partial charge in [0.25, 0.3) is 0 Å². The highest BCUT2D eigenvalue weighted by Gasteiger charge is 2.58. The van der Waals surface area contributed by atoms with Crippen LogP contribution in [0.1, 0.15) is 32.4 Å². The largest absolute Gasteiger partial charge is 0.399 e. The molecular formula is C25H28N4O3S. The maximum absolute atomic E-state index is 13.7. The van der Waals surface area contributed by atoms with Crippen LogP contribution >= 0.6 is 0 Å². The first-order valence-electron chi connectivity index (χ1n) is 11.2. The molecule has 1 saturated heterocycles. The lowest BCUT2D eigenvalue weighted by Crippen LogP contribution is -2.50. The van der Waals surface area contributed by atoms with Crippen molar-refractivity contribution in [3.05, 3.63) is 66.4 Å². The minimum atomic E-state index is -3.61. The lowest BCUT2D eigenvalue weighted by atomic mass is 10.1. The molecule has 1 aromatic heterocycles. The summed E-state index contributed by atoms with van der Waals surface area (Å²) in [4.78, 5) is 12.2. The van der Waals surface area contributed by atoms with E-state index in [0.29, 0.717) is 48.2 Å². The molecule has 0 radical (unpaired) electrons. The van der Waals surface area contributed by atoms with Gasteiger partial charge in [-0.05, 0) is 63.1 Å². The van der Waals surface area contributed by atoms with Gasteiger partial charge in [0.2, 0.25) is 0 Å². The van der Waals surface area contributed by atoms with Crippen LogP contribution in [0.5, 0.6) is 0 Å². The molecule has 8 heteroatoms. The Kier molecular flexibility index (Phi) is 5.37. The van der Waals surface area contributed by atoms with Crippen LogP contribution in [0.3, 0.4) is 0 Å². The molecule has 33 heavy (non-hydrogen) atoms. The van der Waals surface area contributed by atoms with Crippen molar-refractivity contribution in [1.29, 1.82) is 0 Å². The van der Waals surface area contributed by atoms with E-state index in [1.165, 1.54) is 0 Å². The Bertz CT molecular complexity index is 1250. The van der Waals surface area contributed by atoms with Gasteiger partial charge in [0.1, 0.15) is 10.6 Å². The maximum Gasteiger partial charge on any atom is 0.189 e. The van der Waals surface area contributed by atoms with E-state index in [1.807, 2.05) is 24.3 Å². The van der Waals surface area contributed by atoms with E-state index in [0.717, 1.165) is 11.4 Å². The Hall–Kier alpha value is -2.97. The maximum atomic E-state index is 13.7. The van der Waals surface area contributed by atoms with E-state index >= 15 is 0 Å². The summed E-state index contributed by atoms with van der Waals surface area (Å²) in [7, 11) is -3.61. The summed E-state index contributed by atoms with van der Waals surface area (Å²) < 4.78 is 32.1. The van der Waals surface area contributed by atoms with E-state index in [-0.39, 0.29) is 12.1 Å². The van der Waals surface area contributed by atoms with Crippen LogP contribution in [0.15, 0.2) is 65.6 Å². The number of ether oxygens (including phenoxy) is 1. The number of aromatic nitrogens is 2. The van der Waals surface area contributed by atoms with Gasteiger partial charge in [-0.15, -0.1) is 0 Å². The molecule has 172 valence electrons. The monoisotopic (exact) mass is 464 g/mol. The third-order valence-corrected chi connectivity index (χ3v) is 9.09. The summed E-state index contributed by atoms with van der Waals surface area (Å²) in [6.07, 6.45) is 1.08. The van der Waals surface area contributed by atoms with E-state index in [4.69, 9.17) is 20.4 Å². The second-order valence-corrected chi connectivity index (χ2v) is 11.3. The van der Waals surface area contributed by atoms with Gasteiger partial charge in [0.05, 0.1) is 35.9 Å². The first-order chi connectivity index (χ1) is 15.8. The van der Waals surface area contributed by atoms with Gasteiger partial charge in [-0.2, -0.15) is 0 Å². The Morgan fingerprint density at radius 1 is 0.970 bits per heavy atom. The van der Waals surface area contributed by atoms with Gasteiger partial charge in [-0.1, -0.05) is 18.2 Å². The van der Waals surface area contributed by atoms with Crippen molar-refractivity contribution in [3.8, 4) is 11.4 Å². The van der Waals surface area contributed by atoms with Crippen LogP contribution in [0.4, 0.5) is 11.5 Å². The van der Waals surface area contributed by atoms with Gasteiger partial charge in [-0.25, -0.2) is 18.4 Å². The number of nitrogens with two attached hydrogens (primary N) is 1. The molecule has 2 aromatic carbocycles. The number of sulfone groups is 1. The molecule has 2 unspecified atom stereocenters. The van der Waals surface area contributed by atoms with Crippen molar-refractivity contribution in [2.45, 2.75) is 48.4 Å². The van der Waals surface area contributed by atoms with Crippen molar-refractivity contribution in [2.24, 2.45) is 0 Å². The van der Waals surface area contributed by atoms with Gasteiger partial charge in [-0.3, -0.25) is 0 Å². The number of nitrogen functional groups attached to an aromatic ring is 1. The predicted octanol–water partition coefficient (Wildman–Crippen LogP) is 3.80. The van der Waals surface area contributed by atoms with E-state index in [1.54, 1.807) is 36.4 Å². The fourth-order valence-electron chi connectivity index (χ4n) is 4.62. The Morgan fingerprint density at radius 2 is 1.61 bits per heavy atom. The van der Waals surface area contributed by atoms with E-state index in [2.05, 4.69) is 18.7 Å². The highest BCUT2D eigenvalue weighted by atomic mass is 32.2. The van der Waals surface area contributed by atoms with Crippen LogP contribution in [0.25, 0.3) is 11.4 Å². The van der Waals surface area contributed by atoms with Crippen molar-refractivity contribution in [3.63, 3.8) is 0 Å². The van der Waals surface area contributed by atoms with Gasteiger partial charge < -0.3 is 15.4 Å². The number of benzene rings is 2. The second kappa shape index (κ2) is 8.11. The molecule has 7 nitrogen and oxygen atoms in total. The lowest BCUT2D eigenvalue weighted by molar-refractivity contribution is 0.0752. The Morgan fingerprint density at radius 3 is 2.21 bits per heavy atom. The molecule has 2 aliphatic rings. The Balaban J connectivity index is 1.67. The molecule has 0 amide bonds. The number of hydrogen-bond donors (Lipinski definition) is 1. The number of morpholine rings is 1. The first-order valence-corrected chi connectivity index (χ1v) is 12.7. The van der Waals surface area contributed by atoms with Gasteiger partial charge in [0, 0.05) is 17.3 Å². The fraction of sp³-hybridized carbons (Fsp3) is 0.360. The van der Waals surface area contributed by atoms with Crippen LogP contribution in [0.2, 0.25) is 0 Å². The summed E-state index contributed by atoms with van der Waals surface area (Å²) in [5.74, 6) is 1.23. The molecule has 1 aliphatic heterocycles. The highest BCUT2D eigenvalue weighted by molar-refractivity contribution is 7.92. The Labute approximate surface area is 194 Å². The average Bonchev–Trinajstić information content (AvgIpc) is 3.63. The third-order valence-electron chi connectivity index (χ3n) is 6.55. The van der Waals surface area contributed by atoms with Crippen LogP contribution in [-0.4, -0.2) is 43.7 Å². The average molecular weight is 465 g/mol. The smallest absolute Gasteiger partial charge is 0.189 e. The molecule has 1 saturated carbocycles. The van der Waals surface area contributed by atoms with Gasteiger partial charge >= 0.3 is 0 Å². The lowest BCUT2D eigenvalue weighted by Gasteiger charge is -2.40. The number of rotatable bonds is 5. The summed E-state index contributed by atoms with van der Waals surface area (Å²) in [5.41, 5.74) is 7.88. The van der Waals surface area contributed by atoms with Crippen molar-refractivity contribution in [2.75, 3.05) is 23.8 Å². The summed E-state index contributed by atoms with van der Waals surface area (Å²) >= 11 is 0. The van der Waals surface area contributed by atoms with Crippen LogP contribution < -0.4 is 10.6 Å². The van der Waals surface area contributed by atoms with Crippen molar-refractivity contribution < 1.29 is 13.2 Å². The third kappa shape index (κ3) is 3.77. The fourth-order valence-corrected chi connectivity index (χ4v) is 6.60. The molecular weight excluding hydrogens is 436 g/mol. The standard InChI is InChI=1S/C25H28N4O3S/c1-17-15-32-16-18(2)29(17)23-14-22(27-24(28-23)19-8-10-20(26)11-9-19)25(12-13-25)33(30,31)21-6-4-3-5-7-21/h3-11,14,17-18H,12-13,15-16,26H2,1-2H3. The molecule has 3 aromatic rings. The zero-order chi connectivity index (χ0) is 23.2. The molecule has 2 heterocycles. The van der Waals surface area contributed by atoms with E-state index in [9.17, 15) is 8.42 Å². The predicted molar refractivity (Wildman–Crippen MR) is 129 cm³/mol. The van der Waals surface area contributed by atoms with E-state index < -0.39 is 14.6 Å². The number of nitrogens with zero attached hydrogens (tertiary/aromatic N) is 3. The topological polar surface area (TPSA) is 98.4 Å². The first kappa shape index (κ1) is 21.9. The second-order valence-electron chi connectivity index (χ2n) is 9.01. The molecule has 2 N–H and O–H groups in total. The summed E-state index contributed by atoms with van der Waals surface area (Å²) in [5, 5.41) is 0. The molecule has 5 rings (SSSR count). The van der Waals surface area contributed by atoms with Crippen molar-refractivity contribution in [1.82, 2.24) is 9.97 Å². The normalized spacial score (nSPS) is 22.2.